The molecule has 0 atom stereocenters. The van der Waals surface area contributed by atoms with Gasteiger partial charge < -0.3 is 10.2 Å². The van der Waals surface area contributed by atoms with E-state index < -0.39 is 12.1 Å². The summed E-state index contributed by atoms with van der Waals surface area (Å²) in [5, 5.41) is 17.3. The van der Waals surface area contributed by atoms with Gasteiger partial charge in [-0.3, -0.25) is 4.79 Å². The van der Waals surface area contributed by atoms with E-state index in [0.29, 0.717) is 5.56 Å². The molecule has 0 aromatic heterocycles. The number of carbonyl (C=O) groups is 1. The predicted molar refractivity (Wildman–Crippen MR) is 48.4 cm³/mol. The lowest BCUT2D eigenvalue weighted by molar-refractivity contribution is -0.0195. The lowest BCUT2D eigenvalue weighted by atomic mass is 10.1. The minimum absolute atomic E-state index is 0.342. The molecule has 0 saturated carbocycles. The molecule has 0 unspecified atom stereocenters. The van der Waals surface area contributed by atoms with Crippen LogP contribution in [0.5, 0.6) is 0 Å². The van der Waals surface area contributed by atoms with Gasteiger partial charge in [-0.05, 0) is 18.1 Å². The van der Waals surface area contributed by atoms with Gasteiger partial charge in [-0.25, -0.2) is 0 Å². The molecule has 0 aliphatic heterocycles. The van der Waals surface area contributed by atoms with Crippen molar-refractivity contribution in [3.63, 3.8) is 0 Å². The van der Waals surface area contributed by atoms with Crippen LogP contribution in [-0.4, -0.2) is 22.3 Å². The van der Waals surface area contributed by atoms with E-state index in [9.17, 15) is 4.79 Å². The lowest BCUT2D eigenvalue weighted by Crippen LogP contribution is -2.19. The van der Waals surface area contributed by atoms with Crippen LogP contribution in [0.1, 0.15) is 22.8 Å². The van der Waals surface area contributed by atoms with Crippen molar-refractivity contribution in [3.05, 3.63) is 35.4 Å². The average Bonchev–Trinajstić information content (AvgIpc) is 2.16. The average molecular weight is 180 g/mol. The van der Waals surface area contributed by atoms with Crippen molar-refractivity contribution < 1.29 is 15.0 Å². The molecule has 0 saturated heterocycles. The van der Waals surface area contributed by atoms with Gasteiger partial charge in [-0.15, -0.1) is 0 Å². The van der Waals surface area contributed by atoms with E-state index in [1.807, 2.05) is 13.0 Å². The summed E-state index contributed by atoms with van der Waals surface area (Å²) in [7, 11) is 0. The first kappa shape index (κ1) is 9.89. The molecule has 0 radical (unpaired) electrons. The van der Waals surface area contributed by atoms with E-state index in [4.69, 9.17) is 10.2 Å². The summed E-state index contributed by atoms with van der Waals surface area (Å²) in [6.45, 7) is 1.97. The number of benzene rings is 1. The van der Waals surface area contributed by atoms with Gasteiger partial charge in [0.25, 0.3) is 0 Å². The molecule has 0 fully saturated rings. The fourth-order valence-electron chi connectivity index (χ4n) is 1.09. The maximum absolute atomic E-state index is 11.1. The fraction of sp³-hybridized carbons (Fsp3) is 0.300. The molecular formula is C10H12O3. The van der Waals surface area contributed by atoms with E-state index in [2.05, 4.69) is 0 Å². The van der Waals surface area contributed by atoms with Gasteiger partial charge in [0.15, 0.2) is 0 Å². The van der Waals surface area contributed by atoms with Crippen molar-refractivity contribution in [3.8, 4) is 0 Å². The van der Waals surface area contributed by atoms with Gasteiger partial charge >= 0.3 is 0 Å². The van der Waals surface area contributed by atoms with Crippen molar-refractivity contribution >= 4 is 5.78 Å². The van der Waals surface area contributed by atoms with Crippen molar-refractivity contribution in [2.24, 2.45) is 0 Å². The molecule has 0 amide bonds. The van der Waals surface area contributed by atoms with Gasteiger partial charge in [0.05, 0.1) is 0 Å². The van der Waals surface area contributed by atoms with Gasteiger partial charge in [-0.1, -0.05) is 25.1 Å². The Hall–Kier alpha value is -1.19. The highest BCUT2D eigenvalue weighted by atomic mass is 16.5. The minimum Gasteiger partial charge on any atom is -0.362 e. The van der Waals surface area contributed by atoms with Gasteiger partial charge in [0.1, 0.15) is 0 Å². The monoisotopic (exact) mass is 180 g/mol. The first-order valence-corrected chi connectivity index (χ1v) is 4.14. The summed E-state index contributed by atoms with van der Waals surface area (Å²) in [6.07, 6.45) is -1.09. The van der Waals surface area contributed by atoms with Crippen LogP contribution in [0.4, 0.5) is 0 Å². The number of hydrogen-bond acceptors (Lipinski definition) is 3. The third-order valence-corrected chi connectivity index (χ3v) is 1.85. The number of hydrogen-bond donors (Lipinski definition) is 2. The van der Waals surface area contributed by atoms with Crippen LogP contribution in [0.25, 0.3) is 0 Å². The Morgan fingerprint density at radius 3 is 2.69 bits per heavy atom. The normalized spacial score (nSPS) is 10.5. The molecule has 0 spiro atoms. The topological polar surface area (TPSA) is 57.5 Å². The molecule has 1 rings (SSSR count). The Morgan fingerprint density at radius 1 is 1.46 bits per heavy atom. The van der Waals surface area contributed by atoms with E-state index in [1.54, 1.807) is 18.2 Å². The van der Waals surface area contributed by atoms with E-state index in [1.165, 1.54) is 0 Å². The van der Waals surface area contributed by atoms with Gasteiger partial charge in [0.2, 0.25) is 12.1 Å². The Kier molecular flexibility index (Phi) is 3.17. The first-order chi connectivity index (χ1) is 6.15. The largest absolute Gasteiger partial charge is 0.362 e. The molecule has 13 heavy (non-hydrogen) atoms. The quantitative estimate of drug-likeness (QED) is 0.533. The molecule has 3 nitrogen and oxygen atoms in total. The van der Waals surface area contributed by atoms with Crippen LogP contribution < -0.4 is 0 Å². The Bertz CT molecular complexity index is 305. The van der Waals surface area contributed by atoms with Crippen LogP contribution in [-0.2, 0) is 6.42 Å². The summed E-state index contributed by atoms with van der Waals surface area (Å²) in [5.41, 5.74) is 1.35. The van der Waals surface area contributed by atoms with Crippen LogP contribution in [0.2, 0.25) is 0 Å². The zero-order valence-corrected chi connectivity index (χ0v) is 7.40. The van der Waals surface area contributed by atoms with Crippen LogP contribution in [0.15, 0.2) is 24.3 Å². The molecule has 0 aliphatic rings. The van der Waals surface area contributed by atoms with Crippen LogP contribution in [0.3, 0.4) is 0 Å². The highest BCUT2D eigenvalue weighted by molar-refractivity contribution is 5.98. The van der Waals surface area contributed by atoms with Crippen molar-refractivity contribution in [2.45, 2.75) is 19.6 Å². The van der Waals surface area contributed by atoms with E-state index in [-0.39, 0.29) is 0 Å². The smallest absolute Gasteiger partial charge is 0.218 e. The Labute approximate surface area is 76.6 Å². The molecule has 70 valence electrons. The predicted octanol–water partition coefficient (Wildman–Crippen LogP) is 0.742. The number of aryl methyl sites for hydroxylation is 1. The SMILES string of the molecule is CCc1cccc(C(=O)C(O)O)c1. The third kappa shape index (κ3) is 2.37. The maximum atomic E-state index is 11.1. The molecule has 3 heteroatoms. The summed E-state index contributed by atoms with van der Waals surface area (Å²) < 4.78 is 0. The minimum atomic E-state index is -1.91. The second-order valence-corrected chi connectivity index (χ2v) is 2.79. The van der Waals surface area contributed by atoms with Crippen molar-refractivity contribution in [1.82, 2.24) is 0 Å². The number of aliphatic hydroxyl groups is 2. The lowest BCUT2D eigenvalue weighted by Gasteiger charge is -2.03. The van der Waals surface area contributed by atoms with Gasteiger partial charge in [0, 0.05) is 5.56 Å². The molecule has 1 aromatic rings. The van der Waals surface area contributed by atoms with Crippen molar-refractivity contribution in [2.75, 3.05) is 0 Å². The second kappa shape index (κ2) is 4.16. The number of aliphatic hydroxyl groups excluding tert-OH is 1. The Balaban J connectivity index is 2.95. The highest BCUT2D eigenvalue weighted by Crippen LogP contribution is 2.07. The molecule has 0 heterocycles. The number of ketones is 1. The standard InChI is InChI=1S/C10H12O3/c1-2-7-4-3-5-8(6-7)9(11)10(12)13/h3-6,10,12-13H,2H2,1H3. The number of rotatable bonds is 3. The van der Waals surface area contributed by atoms with Crippen molar-refractivity contribution in [1.29, 1.82) is 0 Å². The molecular weight excluding hydrogens is 168 g/mol. The zero-order valence-electron chi connectivity index (χ0n) is 7.40. The molecule has 0 aliphatic carbocycles. The van der Waals surface area contributed by atoms with E-state index >= 15 is 0 Å². The third-order valence-electron chi connectivity index (χ3n) is 1.85. The molecule has 0 bridgehead atoms. The van der Waals surface area contributed by atoms with Gasteiger partial charge in [-0.2, -0.15) is 0 Å². The van der Waals surface area contributed by atoms with E-state index in [0.717, 1.165) is 12.0 Å². The fourth-order valence-corrected chi connectivity index (χ4v) is 1.09. The number of Topliss-reactive ketones (excluding diaryl/α,β-unsaturated/α-hetero) is 1. The Morgan fingerprint density at radius 2 is 2.15 bits per heavy atom. The van der Waals surface area contributed by atoms with Crippen LogP contribution in [0, 0.1) is 0 Å². The zero-order chi connectivity index (χ0) is 9.84. The number of carbonyl (C=O) groups excluding carboxylic acids is 1. The highest BCUT2D eigenvalue weighted by Gasteiger charge is 2.13. The molecule has 1 aromatic carbocycles. The second-order valence-electron chi connectivity index (χ2n) is 2.79. The van der Waals surface area contributed by atoms with Crippen LogP contribution >= 0.6 is 0 Å². The summed E-state index contributed by atoms with van der Waals surface area (Å²) in [6, 6.07) is 6.86. The molecule has 2 N–H and O–H groups in total. The maximum Gasteiger partial charge on any atom is 0.218 e. The summed E-state index contributed by atoms with van der Waals surface area (Å²) >= 11 is 0. The summed E-state index contributed by atoms with van der Waals surface area (Å²) in [4.78, 5) is 11.1. The summed E-state index contributed by atoms with van der Waals surface area (Å²) in [5.74, 6) is -0.657. The first-order valence-electron chi connectivity index (χ1n) is 4.14.